The summed E-state index contributed by atoms with van der Waals surface area (Å²) in [7, 11) is -3.78. The monoisotopic (exact) mass is 323 g/mol. The topological polar surface area (TPSA) is 127 Å². The number of carbonyl (C=O) groups is 1. The van der Waals surface area contributed by atoms with Crippen LogP contribution in [0.4, 0.5) is 5.13 Å². The molecule has 4 N–H and O–H groups in total. The molecule has 0 aliphatic carbocycles. The average Bonchev–Trinajstić information content (AvgIpc) is 2.74. The molecule has 0 aliphatic heterocycles. The summed E-state index contributed by atoms with van der Waals surface area (Å²) in [6, 6.07) is 0. The van der Waals surface area contributed by atoms with E-state index in [1.165, 1.54) is 6.92 Å². The van der Waals surface area contributed by atoms with Crippen LogP contribution < -0.4 is 15.8 Å². The van der Waals surface area contributed by atoms with Crippen LogP contribution in [0, 0.1) is 5.92 Å². The minimum absolute atomic E-state index is 0.0761. The predicted molar refractivity (Wildman–Crippen MR) is 75.4 cm³/mol. The number of amides is 1. The van der Waals surface area contributed by atoms with E-state index >= 15 is 0 Å². The van der Waals surface area contributed by atoms with Gasteiger partial charge in [0, 0.05) is 19.4 Å². The number of nitrogens with zero attached hydrogens (tertiary/aromatic N) is 2. The SMILES string of the molecule is CC(=O)Nc1nnc(S(=O)(=O)NCC(C)C(N)=S)s1. The van der Waals surface area contributed by atoms with E-state index in [1.54, 1.807) is 6.92 Å². The molecule has 0 aliphatic rings. The highest BCUT2D eigenvalue weighted by Gasteiger charge is 2.21. The van der Waals surface area contributed by atoms with Gasteiger partial charge in [-0.3, -0.25) is 4.79 Å². The lowest BCUT2D eigenvalue weighted by molar-refractivity contribution is -0.114. The van der Waals surface area contributed by atoms with E-state index in [0.717, 1.165) is 11.3 Å². The first-order valence-electron chi connectivity index (χ1n) is 5.12. The molecule has 1 atom stereocenters. The number of nitrogens with one attached hydrogen (secondary N) is 2. The molecule has 0 aromatic carbocycles. The molecule has 11 heteroatoms. The number of aromatic nitrogens is 2. The lowest BCUT2D eigenvalue weighted by atomic mass is 10.2. The van der Waals surface area contributed by atoms with Crippen molar-refractivity contribution in [3.63, 3.8) is 0 Å². The minimum Gasteiger partial charge on any atom is -0.393 e. The van der Waals surface area contributed by atoms with E-state index in [0.29, 0.717) is 0 Å². The van der Waals surface area contributed by atoms with Crippen LogP contribution in [-0.2, 0) is 14.8 Å². The van der Waals surface area contributed by atoms with Crippen molar-refractivity contribution in [2.24, 2.45) is 11.7 Å². The van der Waals surface area contributed by atoms with Crippen molar-refractivity contribution in [1.29, 1.82) is 0 Å². The molecule has 0 spiro atoms. The largest absolute Gasteiger partial charge is 0.393 e. The van der Waals surface area contributed by atoms with Crippen molar-refractivity contribution >= 4 is 49.6 Å². The van der Waals surface area contributed by atoms with Gasteiger partial charge < -0.3 is 11.1 Å². The summed E-state index contributed by atoms with van der Waals surface area (Å²) in [5.41, 5.74) is 5.39. The summed E-state index contributed by atoms with van der Waals surface area (Å²) < 4.78 is 25.8. The molecule has 0 fully saturated rings. The normalized spacial score (nSPS) is 12.9. The van der Waals surface area contributed by atoms with Crippen LogP contribution in [0.15, 0.2) is 4.34 Å². The molecule has 8 nitrogen and oxygen atoms in total. The van der Waals surface area contributed by atoms with Gasteiger partial charge in [0.2, 0.25) is 15.4 Å². The molecule has 1 amide bonds. The smallest absolute Gasteiger partial charge is 0.269 e. The van der Waals surface area contributed by atoms with Crippen molar-refractivity contribution in [3.05, 3.63) is 0 Å². The Hall–Kier alpha value is -1.17. The molecule has 1 aromatic rings. The molecule has 0 bridgehead atoms. The Morgan fingerprint density at radius 2 is 2.16 bits per heavy atom. The van der Waals surface area contributed by atoms with Crippen molar-refractivity contribution in [2.75, 3.05) is 11.9 Å². The maximum absolute atomic E-state index is 11.9. The average molecular weight is 323 g/mol. The van der Waals surface area contributed by atoms with E-state index in [-0.39, 0.29) is 32.8 Å². The zero-order valence-corrected chi connectivity index (χ0v) is 12.7. The first-order chi connectivity index (χ1) is 8.72. The van der Waals surface area contributed by atoms with E-state index in [2.05, 4.69) is 20.2 Å². The number of carbonyl (C=O) groups excluding carboxylic acids is 1. The Bertz CT molecular complexity index is 582. The number of sulfonamides is 1. The van der Waals surface area contributed by atoms with Crippen LogP contribution in [0.1, 0.15) is 13.8 Å². The van der Waals surface area contributed by atoms with Gasteiger partial charge in [0.1, 0.15) is 0 Å². The molecule has 106 valence electrons. The van der Waals surface area contributed by atoms with E-state index in [4.69, 9.17) is 18.0 Å². The highest BCUT2D eigenvalue weighted by molar-refractivity contribution is 7.91. The van der Waals surface area contributed by atoms with Crippen LogP contribution in [0.5, 0.6) is 0 Å². The molecular weight excluding hydrogens is 310 g/mol. The van der Waals surface area contributed by atoms with Crippen LogP contribution >= 0.6 is 23.6 Å². The molecule has 0 saturated carbocycles. The molecule has 1 heterocycles. The first kappa shape index (κ1) is 15.9. The van der Waals surface area contributed by atoms with Crippen molar-refractivity contribution in [1.82, 2.24) is 14.9 Å². The van der Waals surface area contributed by atoms with Gasteiger partial charge in [-0.05, 0) is 0 Å². The van der Waals surface area contributed by atoms with Gasteiger partial charge in [-0.1, -0.05) is 30.5 Å². The minimum atomic E-state index is -3.78. The fourth-order valence-electron chi connectivity index (χ4n) is 0.917. The quantitative estimate of drug-likeness (QED) is 0.484. The summed E-state index contributed by atoms with van der Waals surface area (Å²) in [5.74, 6) is -0.623. The van der Waals surface area contributed by atoms with Crippen molar-refractivity contribution < 1.29 is 13.2 Å². The van der Waals surface area contributed by atoms with E-state index in [1.807, 2.05) is 0 Å². The second-order valence-electron chi connectivity index (χ2n) is 3.71. The van der Waals surface area contributed by atoms with Gasteiger partial charge >= 0.3 is 0 Å². The van der Waals surface area contributed by atoms with E-state index in [9.17, 15) is 13.2 Å². The summed E-state index contributed by atoms with van der Waals surface area (Å²) in [4.78, 5) is 11.0. The maximum Gasteiger partial charge on any atom is 0.269 e. The molecule has 1 rings (SSSR count). The fraction of sp³-hybridized carbons (Fsp3) is 0.500. The number of thiocarbonyl (C=S) groups is 1. The zero-order valence-electron chi connectivity index (χ0n) is 10.2. The molecular formula is C8H13N5O3S3. The molecule has 1 aromatic heterocycles. The molecule has 0 radical (unpaired) electrons. The van der Waals surface area contributed by atoms with Gasteiger partial charge in [0.15, 0.2) is 0 Å². The Labute approximate surface area is 119 Å². The third-order valence-corrected chi connectivity index (χ3v) is 5.02. The molecule has 1 unspecified atom stereocenters. The van der Waals surface area contributed by atoms with Gasteiger partial charge in [-0.25, -0.2) is 13.1 Å². The third kappa shape index (κ3) is 4.78. The number of anilines is 1. The van der Waals surface area contributed by atoms with Gasteiger partial charge in [-0.15, -0.1) is 10.2 Å². The second kappa shape index (κ2) is 6.32. The summed E-state index contributed by atoms with van der Waals surface area (Å²) in [5, 5.41) is 9.53. The van der Waals surface area contributed by atoms with Crippen LogP contribution in [0.3, 0.4) is 0 Å². The van der Waals surface area contributed by atoms with Crippen molar-refractivity contribution in [2.45, 2.75) is 18.2 Å². The van der Waals surface area contributed by atoms with Crippen molar-refractivity contribution in [3.8, 4) is 0 Å². The predicted octanol–water partition coefficient (Wildman–Crippen LogP) is -0.303. The zero-order chi connectivity index (χ0) is 14.6. The molecule has 19 heavy (non-hydrogen) atoms. The number of hydrogen-bond acceptors (Lipinski definition) is 7. The van der Waals surface area contributed by atoms with Gasteiger partial charge in [-0.2, -0.15) is 0 Å². The second-order valence-corrected chi connectivity index (χ2v) is 7.10. The van der Waals surface area contributed by atoms with Gasteiger partial charge in [0.05, 0.1) is 4.99 Å². The Kier molecular flexibility index (Phi) is 5.29. The lowest BCUT2D eigenvalue weighted by Crippen LogP contribution is -2.33. The van der Waals surface area contributed by atoms with Gasteiger partial charge in [0.25, 0.3) is 10.0 Å². The summed E-state index contributed by atoms with van der Waals surface area (Å²) >= 11 is 5.50. The highest BCUT2D eigenvalue weighted by Crippen LogP contribution is 2.19. The number of rotatable bonds is 6. The van der Waals surface area contributed by atoms with Crippen LogP contribution in [0.2, 0.25) is 0 Å². The molecule has 0 saturated heterocycles. The lowest BCUT2D eigenvalue weighted by Gasteiger charge is -2.09. The Morgan fingerprint density at radius 3 is 2.68 bits per heavy atom. The highest BCUT2D eigenvalue weighted by atomic mass is 32.2. The standard InChI is InChI=1S/C8H13N5O3S3/c1-4(6(9)17)3-10-19(15,16)8-13-12-7(18-8)11-5(2)14/h4,10H,3H2,1-2H3,(H2,9,17)(H,11,12,14). The number of hydrogen-bond donors (Lipinski definition) is 3. The van der Waals surface area contributed by atoms with E-state index < -0.39 is 10.0 Å². The maximum atomic E-state index is 11.9. The Balaban J connectivity index is 2.75. The first-order valence-corrected chi connectivity index (χ1v) is 7.83. The summed E-state index contributed by atoms with van der Waals surface area (Å²) in [6.45, 7) is 3.07. The summed E-state index contributed by atoms with van der Waals surface area (Å²) in [6.07, 6.45) is 0. The third-order valence-electron chi connectivity index (χ3n) is 1.98. The van der Waals surface area contributed by atoms with Crippen LogP contribution in [0.25, 0.3) is 0 Å². The van der Waals surface area contributed by atoms with Crippen LogP contribution in [-0.4, -0.2) is 36.1 Å². The number of nitrogens with two attached hydrogens (primary N) is 1. The Morgan fingerprint density at radius 1 is 1.53 bits per heavy atom. The fourth-order valence-corrected chi connectivity index (χ4v) is 3.12.